The van der Waals surface area contributed by atoms with E-state index in [1.165, 1.54) is 15.3 Å². The van der Waals surface area contributed by atoms with Gasteiger partial charge in [-0.15, -0.1) is 11.3 Å². The van der Waals surface area contributed by atoms with Gasteiger partial charge >= 0.3 is 0 Å². The Hall–Kier alpha value is -1.03. The van der Waals surface area contributed by atoms with Gasteiger partial charge in [0.25, 0.3) is 0 Å². The fourth-order valence-electron chi connectivity index (χ4n) is 1.68. The van der Waals surface area contributed by atoms with Gasteiger partial charge in [0.1, 0.15) is 0 Å². The second kappa shape index (κ2) is 5.34. The minimum Gasteiger partial charge on any atom is -0.370 e. The Morgan fingerprint density at radius 2 is 2.00 bits per heavy atom. The van der Waals surface area contributed by atoms with Crippen LogP contribution in [0.4, 0.5) is 0 Å². The summed E-state index contributed by atoms with van der Waals surface area (Å²) in [7, 11) is 0. The van der Waals surface area contributed by atoms with Gasteiger partial charge in [-0.05, 0) is 46.2 Å². The molecule has 1 aromatic heterocycles. The molecule has 0 saturated carbocycles. The number of hydrogen-bond acceptors (Lipinski definition) is 2. The second-order valence-corrected chi connectivity index (χ2v) is 5.82. The summed E-state index contributed by atoms with van der Waals surface area (Å²) in [5, 5.41) is 3.10. The summed E-state index contributed by atoms with van der Waals surface area (Å²) in [5.41, 5.74) is 7.09. The van der Waals surface area contributed by atoms with Crippen molar-refractivity contribution in [3.05, 3.63) is 21.4 Å². The van der Waals surface area contributed by atoms with Crippen molar-refractivity contribution in [2.75, 3.05) is 0 Å². The van der Waals surface area contributed by atoms with E-state index in [9.17, 15) is 0 Å². The summed E-state index contributed by atoms with van der Waals surface area (Å²) in [6.07, 6.45) is 0. The van der Waals surface area contributed by atoms with Gasteiger partial charge in [-0.3, -0.25) is 0 Å². The molecule has 90 valence electrons. The van der Waals surface area contributed by atoms with Crippen LogP contribution in [0.3, 0.4) is 0 Å². The van der Waals surface area contributed by atoms with Gasteiger partial charge < -0.3 is 11.1 Å². The van der Waals surface area contributed by atoms with Crippen LogP contribution in [-0.2, 0) is 0 Å². The van der Waals surface area contributed by atoms with E-state index in [1.54, 1.807) is 0 Å². The van der Waals surface area contributed by atoms with E-state index < -0.39 is 0 Å². The van der Waals surface area contributed by atoms with Crippen molar-refractivity contribution in [3.8, 4) is 0 Å². The van der Waals surface area contributed by atoms with Gasteiger partial charge in [0, 0.05) is 15.8 Å². The molecule has 1 aromatic rings. The lowest BCUT2D eigenvalue weighted by atomic mass is 10.1. The fraction of sp³-hybridized carbons (Fsp3) is 0.583. The van der Waals surface area contributed by atoms with Crippen LogP contribution in [0, 0.1) is 13.8 Å². The third kappa shape index (κ3) is 3.52. The van der Waals surface area contributed by atoms with Crippen LogP contribution in [0.1, 0.15) is 42.1 Å². The van der Waals surface area contributed by atoms with Crippen LogP contribution in [-0.4, -0.2) is 12.0 Å². The van der Waals surface area contributed by atoms with E-state index >= 15 is 0 Å². The van der Waals surface area contributed by atoms with Crippen LogP contribution in [0.2, 0.25) is 0 Å². The number of thiophene rings is 1. The largest absolute Gasteiger partial charge is 0.370 e. The SMILES string of the molecule is Cc1cc(C(C)N=C(N)NC(C)C)c(C)s1. The lowest BCUT2D eigenvalue weighted by Gasteiger charge is -2.12. The first-order chi connectivity index (χ1) is 7.40. The summed E-state index contributed by atoms with van der Waals surface area (Å²) in [6.45, 7) is 10.4. The first-order valence-electron chi connectivity index (χ1n) is 5.57. The first kappa shape index (κ1) is 13.0. The van der Waals surface area contributed by atoms with Gasteiger partial charge in [0.2, 0.25) is 0 Å². The van der Waals surface area contributed by atoms with E-state index in [2.05, 4.69) is 37.1 Å². The van der Waals surface area contributed by atoms with Gasteiger partial charge in [-0.25, -0.2) is 4.99 Å². The summed E-state index contributed by atoms with van der Waals surface area (Å²) >= 11 is 1.81. The maximum absolute atomic E-state index is 5.81. The molecule has 1 atom stereocenters. The zero-order chi connectivity index (χ0) is 12.3. The number of aryl methyl sites for hydroxylation is 2. The van der Waals surface area contributed by atoms with Crippen molar-refractivity contribution in [1.29, 1.82) is 0 Å². The number of aliphatic imine (C=N–C) groups is 1. The lowest BCUT2D eigenvalue weighted by molar-refractivity contribution is 0.710. The third-order valence-electron chi connectivity index (χ3n) is 2.30. The molecule has 0 saturated heterocycles. The molecule has 0 aliphatic carbocycles. The standard InChI is InChI=1S/C12H21N3S/c1-7(2)14-12(13)15-9(4)11-6-8(3)16-10(11)5/h6-7,9H,1-5H3,(H3,13,14,15). The summed E-state index contributed by atoms with van der Waals surface area (Å²) in [5.74, 6) is 0.519. The molecule has 4 heteroatoms. The molecule has 0 aromatic carbocycles. The van der Waals surface area contributed by atoms with E-state index in [0.717, 1.165) is 0 Å². The summed E-state index contributed by atoms with van der Waals surface area (Å²) < 4.78 is 0. The van der Waals surface area contributed by atoms with E-state index in [4.69, 9.17) is 5.73 Å². The molecule has 0 aliphatic rings. The molecular weight excluding hydrogens is 218 g/mol. The molecule has 0 bridgehead atoms. The molecule has 16 heavy (non-hydrogen) atoms. The van der Waals surface area contributed by atoms with Crippen LogP contribution in [0.5, 0.6) is 0 Å². The van der Waals surface area contributed by atoms with Gasteiger partial charge in [0.05, 0.1) is 6.04 Å². The average Bonchev–Trinajstić information content (AvgIpc) is 2.43. The third-order valence-corrected chi connectivity index (χ3v) is 3.28. The van der Waals surface area contributed by atoms with E-state index in [1.807, 2.05) is 25.2 Å². The predicted molar refractivity (Wildman–Crippen MR) is 72.1 cm³/mol. The quantitative estimate of drug-likeness (QED) is 0.629. The molecule has 0 amide bonds. The zero-order valence-corrected chi connectivity index (χ0v) is 11.5. The van der Waals surface area contributed by atoms with Crippen molar-refractivity contribution in [1.82, 2.24) is 5.32 Å². The Labute approximate surface area is 102 Å². The van der Waals surface area contributed by atoms with Crippen molar-refractivity contribution in [2.24, 2.45) is 10.7 Å². The normalized spacial score (nSPS) is 14.2. The smallest absolute Gasteiger partial charge is 0.189 e. The lowest BCUT2D eigenvalue weighted by Crippen LogP contribution is -2.36. The Balaban J connectivity index is 2.78. The summed E-state index contributed by atoms with van der Waals surface area (Å²) in [6, 6.07) is 2.63. The summed E-state index contributed by atoms with van der Waals surface area (Å²) in [4.78, 5) is 7.10. The molecule has 3 N–H and O–H groups in total. The van der Waals surface area contributed by atoms with Gasteiger partial charge in [-0.2, -0.15) is 0 Å². The fourth-order valence-corrected chi connectivity index (χ4v) is 2.69. The zero-order valence-electron chi connectivity index (χ0n) is 10.7. The number of guanidine groups is 1. The molecule has 0 spiro atoms. The second-order valence-electron chi connectivity index (χ2n) is 4.36. The molecule has 3 nitrogen and oxygen atoms in total. The van der Waals surface area contributed by atoms with Crippen molar-refractivity contribution in [2.45, 2.75) is 46.7 Å². The Bertz CT molecular complexity index is 380. The number of rotatable bonds is 3. The average molecular weight is 239 g/mol. The number of nitrogens with zero attached hydrogens (tertiary/aromatic N) is 1. The Kier molecular flexibility index (Phi) is 4.35. The highest BCUT2D eigenvalue weighted by Gasteiger charge is 2.10. The minimum absolute atomic E-state index is 0.121. The Morgan fingerprint density at radius 1 is 1.38 bits per heavy atom. The maximum Gasteiger partial charge on any atom is 0.189 e. The highest BCUT2D eigenvalue weighted by Crippen LogP contribution is 2.28. The van der Waals surface area contributed by atoms with Crippen LogP contribution in [0.25, 0.3) is 0 Å². The molecule has 1 rings (SSSR count). The topological polar surface area (TPSA) is 50.4 Å². The molecule has 1 unspecified atom stereocenters. The number of nitrogens with two attached hydrogens (primary N) is 1. The predicted octanol–water partition coefficient (Wildman–Crippen LogP) is 2.74. The molecule has 1 heterocycles. The monoisotopic (exact) mass is 239 g/mol. The van der Waals surface area contributed by atoms with Crippen LogP contribution in [0.15, 0.2) is 11.1 Å². The minimum atomic E-state index is 0.121. The van der Waals surface area contributed by atoms with Gasteiger partial charge in [0.15, 0.2) is 5.96 Å². The van der Waals surface area contributed by atoms with Crippen LogP contribution >= 0.6 is 11.3 Å². The molecular formula is C12H21N3S. The highest BCUT2D eigenvalue weighted by atomic mass is 32.1. The molecule has 0 fully saturated rings. The molecule has 0 aliphatic heterocycles. The number of nitrogens with one attached hydrogen (secondary N) is 1. The van der Waals surface area contributed by atoms with Crippen molar-refractivity contribution in [3.63, 3.8) is 0 Å². The Morgan fingerprint density at radius 3 is 2.44 bits per heavy atom. The highest BCUT2D eigenvalue weighted by molar-refractivity contribution is 7.12. The molecule has 0 radical (unpaired) electrons. The van der Waals surface area contributed by atoms with Crippen molar-refractivity contribution >= 4 is 17.3 Å². The van der Waals surface area contributed by atoms with E-state index in [-0.39, 0.29) is 6.04 Å². The van der Waals surface area contributed by atoms with Crippen molar-refractivity contribution < 1.29 is 0 Å². The first-order valence-corrected chi connectivity index (χ1v) is 6.38. The maximum atomic E-state index is 5.81. The van der Waals surface area contributed by atoms with Gasteiger partial charge in [-0.1, -0.05) is 0 Å². The van der Waals surface area contributed by atoms with E-state index in [0.29, 0.717) is 12.0 Å². The van der Waals surface area contributed by atoms with Crippen LogP contribution < -0.4 is 11.1 Å². The number of hydrogen-bond donors (Lipinski definition) is 2.